The number of aromatic nitrogens is 12. The van der Waals surface area contributed by atoms with Gasteiger partial charge >= 0.3 is 0 Å². The van der Waals surface area contributed by atoms with Crippen LogP contribution in [0.25, 0.3) is 0 Å². The number of nitrogens with zero attached hydrogens (tertiary/aromatic N) is 12. The van der Waals surface area contributed by atoms with E-state index in [2.05, 4.69) is 455 Å². The molecule has 0 N–H and O–H groups in total. The van der Waals surface area contributed by atoms with E-state index < -0.39 is 0 Å². The lowest BCUT2D eigenvalue weighted by Gasteiger charge is -2.28. The van der Waals surface area contributed by atoms with Gasteiger partial charge in [0.2, 0.25) is 0 Å². The first-order chi connectivity index (χ1) is 64.5. The van der Waals surface area contributed by atoms with Gasteiger partial charge in [-0.1, -0.05) is 550 Å². The molecule has 0 amide bonds. The summed E-state index contributed by atoms with van der Waals surface area (Å²) in [4.78, 5) is 44.5. The van der Waals surface area contributed by atoms with E-state index >= 15 is 0 Å². The van der Waals surface area contributed by atoms with E-state index in [-0.39, 0.29) is 86.6 Å². The monoisotopic (exact) mass is 1980 g/mol. The maximum absolute atomic E-state index is 4.52. The molecular formula is C130H252N12. The Morgan fingerprint density at radius 3 is 0.373 bits per heavy atom. The molecule has 7 aromatic heterocycles. The third-order valence-electron chi connectivity index (χ3n) is 19.2. The second-order valence-corrected chi connectivity index (χ2v) is 47.7. The highest BCUT2D eigenvalue weighted by Gasteiger charge is 2.28. The van der Waals surface area contributed by atoms with Crippen molar-refractivity contribution in [3.63, 3.8) is 0 Å². The first kappa shape index (κ1) is 165. The van der Waals surface area contributed by atoms with E-state index in [0.717, 1.165) is 57.2 Å². The predicted molar refractivity (Wildman–Crippen MR) is 653 cm³/mol. The van der Waals surface area contributed by atoms with Gasteiger partial charge in [0, 0.05) is 128 Å². The van der Waals surface area contributed by atoms with Gasteiger partial charge in [-0.2, -0.15) is 10.2 Å². The first-order valence-electron chi connectivity index (χ1n) is 55.7. The van der Waals surface area contributed by atoms with Gasteiger partial charge in [0.05, 0.1) is 34.2 Å². The summed E-state index contributed by atoms with van der Waals surface area (Å²) in [5, 5.41) is 8.53. The lowest BCUT2D eigenvalue weighted by atomic mass is 9.77. The zero-order valence-electron chi connectivity index (χ0n) is 111. The van der Waals surface area contributed by atoms with Crippen LogP contribution in [-0.4, -0.2) is 60.0 Å². The van der Waals surface area contributed by atoms with Crippen molar-refractivity contribution in [1.82, 2.24) is 60.0 Å². The lowest BCUT2D eigenvalue weighted by Crippen LogP contribution is -2.18. The zero-order valence-corrected chi connectivity index (χ0v) is 111. The minimum atomic E-state index is 0.0381. The Morgan fingerprint density at radius 1 is 0.127 bits per heavy atom. The smallest absolute Gasteiger partial charge is 0.133 e. The standard InChI is InChI=1S/C16H26.2C13H21N.5C12H20N2.14C2H6/c1-11-12(2)14(16(6,7)8)10-9-13(11)15(3,4)5;2*1-12(2,3)10-7-8-11(14-9-10)13(4,5)6;2*1-11(2,3)9-7-14-10(8-13-9)12(4,5)6;2*1-11(2,3)9-7-13-10(14-8-9)12(4,5)6;1-11(2,3)9-7-8-10(14-13-9)12(4,5)6;14*1-2/h9-10H,1-8H3;2*7-9H,1-6H3;5*7-8H,1-6H3;14*1-2H3. The molecule has 0 radical (unpaired) electrons. The van der Waals surface area contributed by atoms with Gasteiger partial charge in [-0.3, -0.25) is 29.9 Å². The average molecular weight is 1980 g/mol. The van der Waals surface area contributed by atoms with Crippen molar-refractivity contribution in [2.24, 2.45) is 0 Å². The van der Waals surface area contributed by atoms with Gasteiger partial charge in [0.25, 0.3) is 0 Å². The normalized spacial score (nSPS) is 11.0. The minimum Gasteiger partial charge on any atom is -0.260 e. The third kappa shape index (κ3) is 74.7. The van der Waals surface area contributed by atoms with E-state index in [1.165, 1.54) is 44.5 Å². The van der Waals surface area contributed by atoms with E-state index in [0.29, 0.717) is 0 Å². The molecule has 8 rings (SSSR count). The highest BCUT2D eigenvalue weighted by Crippen LogP contribution is 2.36. The SMILES string of the molecule is CC.CC.CC.CC.CC.CC.CC.CC.CC.CC.CC.CC.CC.CC.CC(C)(C)c1ccc(C(C)(C)C)nc1.CC(C)(C)c1ccc(C(C)(C)C)nc1.CC(C)(C)c1ccc(C(C)(C)C)nn1.CC(C)(C)c1cnc(C(C)(C)C)cn1.CC(C)(C)c1cnc(C(C)(C)C)cn1.CC(C)(C)c1cnc(C(C)(C)C)nc1.CC(C)(C)c1cnc(C(C)(C)C)nc1.Cc1c(C(C)(C)C)ccc(C(C)(C)C)c1C. The molecule has 142 heavy (non-hydrogen) atoms. The van der Waals surface area contributed by atoms with Crippen LogP contribution in [0, 0.1) is 13.8 Å². The minimum absolute atomic E-state index is 0.0381. The summed E-state index contributed by atoms with van der Waals surface area (Å²) >= 11 is 0. The maximum Gasteiger partial charge on any atom is 0.133 e. The summed E-state index contributed by atoms with van der Waals surface area (Å²) in [6.45, 7) is 165. The molecule has 0 aliphatic heterocycles. The van der Waals surface area contributed by atoms with E-state index in [1.807, 2.05) is 256 Å². The maximum atomic E-state index is 4.52. The molecule has 0 aliphatic rings. The predicted octanol–water partition coefficient (Wildman–Crippen LogP) is 42.0. The van der Waals surface area contributed by atoms with Crippen LogP contribution in [0.5, 0.6) is 0 Å². The van der Waals surface area contributed by atoms with Crippen LogP contribution in [-0.2, 0) is 86.6 Å². The fourth-order valence-corrected chi connectivity index (χ4v) is 10.6. The second-order valence-electron chi connectivity index (χ2n) is 47.7. The van der Waals surface area contributed by atoms with Crippen molar-refractivity contribution >= 4 is 0 Å². The lowest BCUT2D eigenvalue weighted by molar-refractivity contribution is 0.527. The Bertz CT molecular complexity index is 3200. The van der Waals surface area contributed by atoms with Crippen LogP contribution in [0.3, 0.4) is 0 Å². The van der Waals surface area contributed by atoms with Crippen LogP contribution < -0.4 is 0 Å². The molecule has 0 atom stereocenters. The summed E-state index contributed by atoms with van der Waals surface area (Å²) in [5.41, 5.74) is 21.5. The van der Waals surface area contributed by atoms with Crippen molar-refractivity contribution < 1.29 is 0 Å². The van der Waals surface area contributed by atoms with Gasteiger partial charge in [0.1, 0.15) is 11.6 Å². The van der Waals surface area contributed by atoms with Crippen LogP contribution in [0.2, 0.25) is 0 Å². The summed E-state index contributed by atoms with van der Waals surface area (Å²) < 4.78 is 0. The molecule has 0 aliphatic carbocycles. The largest absolute Gasteiger partial charge is 0.260 e. The molecule has 12 heteroatoms. The molecule has 0 saturated heterocycles. The molecule has 12 nitrogen and oxygen atoms in total. The topological polar surface area (TPSA) is 155 Å². The second kappa shape index (κ2) is 79.1. The third-order valence-corrected chi connectivity index (χ3v) is 19.2. The molecule has 0 spiro atoms. The molecule has 0 unspecified atom stereocenters. The van der Waals surface area contributed by atoms with Crippen LogP contribution in [0.15, 0.2) is 110 Å². The highest BCUT2D eigenvalue weighted by molar-refractivity contribution is 5.45. The number of hydrogen-bond acceptors (Lipinski definition) is 12. The van der Waals surface area contributed by atoms with E-state index in [9.17, 15) is 0 Å². The summed E-state index contributed by atoms with van der Waals surface area (Å²) in [7, 11) is 0. The van der Waals surface area contributed by atoms with Gasteiger partial charge in [-0.15, -0.1) is 0 Å². The van der Waals surface area contributed by atoms with Crippen molar-refractivity contribution in [1.29, 1.82) is 0 Å². The fourth-order valence-electron chi connectivity index (χ4n) is 10.6. The number of hydrogen-bond donors (Lipinski definition) is 0. The van der Waals surface area contributed by atoms with Crippen molar-refractivity contribution in [2.75, 3.05) is 0 Å². The van der Waals surface area contributed by atoms with Gasteiger partial charge < -0.3 is 0 Å². The van der Waals surface area contributed by atoms with Crippen molar-refractivity contribution in [3.8, 4) is 0 Å². The van der Waals surface area contributed by atoms with Gasteiger partial charge in [-0.05, 0) is 115 Å². The van der Waals surface area contributed by atoms with Crippen molar-refractivity contribution in [2.45, 2.75) is 627 Å². The number of rotatable bonds is 0. The Labute approximate surface area is 893 Å². The molecule has 0 saturated carbocycles. The van der Waals surface area contributed by atoms with Crippen LogP contribution in [0.4, 0.5) is 0 Å². The first-order valence-corrected chi connectivity index (χ1v) is 55.7. The Kier molecular flexibility index (Phi) is 92.2. The molecular weight excluding hydrogens is 1730 g/mol. The van der Waals surface area contributed by atoms with Crippen LogP contribution in [0.1, 0.15) is 628 Å². The summed E-state index contributed by atoms with van der Waals surface area (Å²) in [6, 6.07) is 17.4. The number of pyridine rings is 2. The quantitative estimate of drug-likeness (QED) is 0.142. The summed E-state index contributed by atoms with van der Waals surface area (Å²) in [5.74, 6) is 1.82. The van der Waals surface area contributed by atoms with Crippen LogP contribution >= 0.6 is 0 Å². The number of benzene rings is 1. The average Bonchev–Trinajstić information content (AvgIpc) is 0.783. The van der Waals surface area contributed by atoms with Gasteiger partial charge in [-0.25, -0.2) is 19.9 Å². The van der Waals surface area contributed by atoms with Crippen molar-refractivity contribution in [3.05, 3.63) is 212 Å². The molecule has 0 bridgehead atoms. The van der Waals surface area contributed by atoms with E-state index in [4.69, 9.17) is 0 Å². The molecule has 7 heterocycles. The van der Waals surface area contributed by atoms with E-state index in [1.54, 1.807) is 0 Å². The fraction of sp³-hybridized carbons (Fsp3) is 0.723. The Balaban J connectivity index is -0.000000106. The highest BCUT2D eigenvalue weighted by atomic mass is 15.1. The molecule has 1 aromatic carbocycles. The molecule has 832 valence electrons. The molecule has 0 fully saturated rings. The molecule has 8 aromatic rings. The van der Waals surface area contributed by atoms with Gasteiger partial charge in [0.15, 0.2) is 0 Å². The Hall–Kier alpha value is -7.08. The zero-order chi connectivity index (χ0) is 118. The Morgan fingerprint density at radius 2 is 0.268 bits per heavy atom. The summed E-state index contributed by atoms with van der Waals surface area (Å²) in [6.07, 6.45) is 19.3.